The van der Waals surface area contributed by atoms with Crippen LogP contribution in [-0.2, 0) is 25.5 Å². The summed E-state index contributed by atoms with van der Waals surface area (Å²) in [5.74, 6) is -2.92. The Balaban J connectivity index is 1.96. The highest BCUT2D eigenvalue weighted by Gasteiger charge is 2.67. The van der Waals surface area contributed by atoms with E-state index in [1.165, 1.54) is 26.0 Å². The van der Waals surface area contributed by atoms with Crippen molar-refractivity contribution in [2.75, 3.05) is 0 Å². The van der Waals surface area contributed by atoms with Crippen LogP contribution in [0.3, 0.4) is 0 Å². The first-order valence-electron chi connectivity index (χ1n) is 12.9. The lowest BCUT2D eigenvalue weighted by Gasteiger charge is -2.49. The Bertz CT molecular complexity index is 1170. The highest BCUT2D eigenvalue weighted by molar-refractivity contribution is 5.91. The summed E-state index contributed by atoms with van der Waals surface area (Å²) in [6, 6.07) is 9.52. The van der Waals surface area contributed by atoms with Gasteiger partial charge in [-0.25, -0.2) is 0 Å². The van der Waals surface area contributed by atoms with Crippen LogP contribution in [0.15, 0.2) is 65.8 Å². The lowest BCUT2D eigenvalue weighted by Crippen LogP contribution is -2.58. The zero-order valence-corrected chi connectivity index (χ0v) is 22.1. The summed E-state index contributed by atoms with van der Waals surface area (Å²) in [6.45, 7) is 8.20. The van der Waals surface area contributed by atoms with Crippen molar-refractivity contribution in [1.29, 1.82) is 0 Å². The van der Waals surface area contributed by atoms with Crippen molar-refractivity contribution in [1.82, 2.24) is 5.32 Å². The van der Waals surface area contributed by atoms with E-state index in [1.807, 2.05) is 44.2 Å². The summed E-state index contributed by atoms with van der Waals surface area (Å²) in [4.78, 5) is 39.5. The highest BCUT2D eigenvalue weighted by Crippen LogP contribution is 2.57. The van der Waals surface area contributed by atoms with Crippen molar-refractivity contribution >= 4 is 17.7 Å². The fourth-order valence-corrected chi connectivity index (χ4v) is 6.54. The summed E-state index contributed by atoms with van der Waals surface area (Å²) in [6.07, 6.45) is 5.17. The van der Waals surface area contributed by atoms with Crippen LogP contribution in [0, 0.1) is 23.2 Å². The second kappa shape index (κ2) is 10.0. The molecular formula is C30H37NO6. The number of hydrogen-bond donors (Lipinski definition) is 3. The van der Waals surface area contributed by atoms with Crippen molar-refractivity contribution in [2.45, 2.75) is 71.3 Å². The Morgan fingerprint density at radius 2 is 1.81 bits per heavy atom. The number of aliphatic hydroxyl groups is 2. The first kappa shape index (κ1) is 27.0. The number of esters is 1. The summed E-state index contributed by atoms with van der Waals surface area (Å²) < 4.78 is 5.82. The molecular weight excluding hydrogens is 470 g/mol. The van der Waals surface area contributed by atoms with E-state index in [9.17, 15) is 24.6 Å². The van der Waals surface area contributed by atoms with Crippen LogP contribution in [-0.4, -0.2) is 51.7 Å². The monoisotopic (exact) mass is 507 g/mol. The van der Waals surface area contributed by atoms with Gasteiger partial charge in [0.05, 0.1) is 6.10 Å². The Hall–Kier alpha value is -3.03. The van der Waals surface area contributed by atoms with Crippen LogP contribution >= 0.6 is 0 Å². The zero-order valence-electron chi connectivity index (χ0n) is 22.1. The second-order valence-corrected chi connectivity index (χ2v) is 11.0. The first-order chi connectivity index (χ1) is 17.4. The molecule has 7 heteroatoms. The third-order valence-electron chi connectivity index (χ3n) is 8.49. The molecule has 1 aliphatic heterocycles. The lowest BCUT2D eigenvalue weighted by atomic mass is 9.54. The van der Waals surface area contributed by atoms with Crippen LogP contribution in [0.4, 0.5) is 0 Å². The first-order valence-corrected chi connectivity index (χ1v) is 12.9. The molecule has 37 heavy (non-hydrogen) atoms. The molecule has 0 aromatic heterocycles. The van der Waals surface area contributed by atoms with Gasteiger partial charge < -0.3 is 20.3 Å². The molecule has 1 amide bonds. The number of benzene rings is 1. The molecule has 3 aliphatic rings. The number of aliphatic hydroxyl groups excluding tert-OH is 1. The molecule has 7 nitrogen and oxygen atoms in total. The van der Waals surface area contributed by atoms with E-state index in [0.29, 0.717) is 12.8 Å². The Morgan fingerprint density at radius 1 is 1.14 bits per heavy atom. The van der Waals surface area contributed by atoms with Gasteiger partial charge in [-0.3, -0.25) is 14.4 Å². The summed E-state index contributed by atoms with van der Waals surface area (Å²) >= 11 is 0. The predicted molar refractivity (Wildman–Crippen MR) is 139 cm³/mol. The van der Waals surface area contributed by atoms with Gasteiger partial charge in [0.15, 0.2) is 5.78 Å². The number of ether oxygens (including phenoxy) is 1. The van der Waals surface area contributed by atoms with Gasteiger partial charge in [0.2, 0.25) is 5.91 Å². The van der Waals surface area contributed by atoms with Crippen LogP contribution in [0.5, 0.6) is 0 Å². The molecule has 4 rings (SSSR count). The van der Waals surface area contributed by atoms with Gasteiger partial charge in [-0.15, -0.1) is 0 Å². The highest BCUT2D eigenvalue weighted by atomic mass is 16.5. The zero-order chi connectivity index (χ0) is 27.1. The number of carbonyl (C=O) groups is 3. The van der Waals surface area contributed by atoms with Gasteiger partial charge in [-0.05, 0) is 56.9 Å². The van der Waals surface area contributed by atoms with Crippen molar-refractivity contribution in [2.24, 2.45) is 23.2 Å². The molecule has 1 spiro atoms. The standard InChI is InChI=1S/C30H37NO6/c1-17-10-9-13-22-26(33)19(3)18(2)25-23(16-21-11-7-6-8-12-21)31-28(35)30(22,25)24(37-20(4)32)14-15-29(5,36)27(17)34/h6-9,11-15,17,22-26,33,36H,10,16H2,1-5H3,(H,31,35)/b13-9+,15-14+/t17-,22-,23-,24+,25?,26+,29+,30+/m0/s1. The minimum Gasteiger partial charge on any atom is -0.457 e. The van der Waals surface area contributed by atoms with E-state index in [4.69, 9.17) is 4.74 Å². The molecule has 0 bridgehead atoms. The molecule has 1 unspecified atom stereocenters. The van der Waals surface area contributed by atoms with Crippen molar-refractivity contribution in [3.63, 3.8) is 0 Å². The largest absolute Gasteiger partial charge is 0.457 e. The van der Waals surface area contributed by atoms with Crippen molar-refractivity contribution < 1.29 is 29.3 Å². The summed E-state index contributed by atoms with van der Waals surface area (Å²) in [7, 11) is 0. The number of carbonyl (C=O) groups excluding carboxylic acids is 3. The van der Waals surface area contributed by atoms with Gasteiger partial charge in [0.25, 0.3) is 0 Å². The molecule has 1 aromatic carbocycles. The maximum atomic E-state index is 14.2. The Kier molecular flexibility index (Phi) is 7.32. The number of rotatable bonds is 3. The van der Waals surface area contributed by atoms with E-state index in [-0.39, 0.29) is 17.7 Å². The topological polar surface area (TPSA) is 113 Å². The minimum atomic E-state index is -1.82. The van der Waals surface area contributed by atoms with E-state index < -0.39 is 46.9 Å². The number of Topliss-reactive ketones (excluding diaryl/α,β-unsaturated/α-hetero) is 1. The van der Waals surface area contributed by atoms with Gasteiger partial charge in [0.1, 0.15) is 17.1 Å². The van der Waals surface area contributed by atoms with Gasteiger partial charge in [-0.2, -0.15) is 0 Å². The van der Waals surface area contributed by atoms with Crippen molar-refractivity contribution in [3.8, 4) is 0 Å². The number of nitrogens with one attached hydrogen (secondary N) is 1. The maximum absolute atomic E-state index is 14.2. The number of hydrogen-bond acceptors (Lipinski definition) is 6. The lowest BCUT2D eigenvalue weighted by molar-refractivity contribution is -0.161. The molecule has 0 saturated carbocycles. The second-order valence-electron chi connectivity index (χ2n) is 11.0. The summed E-state index contributed by atoms with van der Waals surface area (Å²) in [5.41, 5.74) is -0.500. The van der Waals surface area contributed by atoms with Gasteiger partial charge >= 0.3 is 5.97 Å². The molecule has 1 saturated heterocycles. The average Bonchev–Trinajstić information content (AvgIpc) is 3.13. The Morgan fingerprint density at radius 3 is 2.46 bits per heavy atom. The summed E-state index contributed by atoms with van der Waals surface area (Å²) in [5, 5.41) is 25.7. The van der Waals surface area contributed by atoms with Crippen LogP contribution in [0.1, 0.15) is 46.6 Å². The molecule has 3 N–H and O–H groups in total. The fourth-order valence-electron chi connectivity index (χ4n) is 6.54. The molecule has 1 fully saturated rings. The molecule has 2 aliphatic carbocycles. The number of amides is 1. The van der Waals surface area contributed by atoms with E-state index in [2.05, 4.69) is 5.32 Å². The van der Waals surface area contributed by atoms with Crippen LogP contribution < -0.4 is 5.32 Å². The molecule has 1 aromatic rings. The number of ketones is 1. The smallest absolute Gasteiger partial charge is 0.303 e. The van der Waals surface area contributed by atoms with E-state index in [0.717, 1.165) is 16.7 Å². The molecule has 0 radical (unpaired) electrons. The van der Waals surface area contributed by atoms with Crippen LogP contribution in [0.25, 0.3) is 0 Å². The van der Waals surface area contributed by atoms with Gasteiger partial charge in [0, 0.05) is 30.7 Å². The molecule has 1 heterocycles. The van der Waals surface area contributed by atoms with Crippen molar-refractivity contribution in [3.05, 3.63) is 71.3 Å². The molecule has 8 atom stereocenters. The van der Waals surface area contributed by atoms with Gasteiger partial charge in [-0.1, -0.05) is 55.0 Å². The van der Waals surface area contributed by atoms with Crippen LogP contribution in [0.2, 0.25) is 0 Å². The molecule has 198 valence electrons. The SMILES string of the molecule is CC(=O)O[C@@H]1/C=C/[C@@](C)(O)C(=O)[C@@H](C)C/C=C/[C@H]2[C@H](O)C(C)=C(C)C3[C@H](Cc4ccccc4)NC(=O)[C@@]312. The normalized spacial score (nSPS) is 39.6. The Labute approximate surface area is 218 Å². The van der Waals surface area contributed by atoms with E-state index in [1.54, 1.807) is 19.1 Å². The maximum Gasteiger partial charge on any atom is 0.303 e. The third kappa shape index (κ3) is 4.59. The average molecular weight is 508 g/mol. The van der Waals surface area contributed by atoms with E-state index >= 15 is 0 Å². The quantitative estimate of drug-likeness (QED) is 0.428. The minimum absolute atomic E-state index is 0.314. The third-order valence-corrected chi connectivity index (χ3v) is 8.49. The predicted octanol–water partition coefficient (Wildman–Crippen LogP) is 3.06. The fraction of sp³-hybridized carbons (Fsp3) is 0.500. The number of allylic oxidation sites excluding steroid dienone is 1.